The Hall–Kier alpha value is -3.98. The number of carboxylic acid groups (broad SMARTS) is 1. The molecule has 0 saturated carbocycles. The van der Waals surface area contributed by atoms with Crippen LogP contribution in [0.2, 0.25) is 0 Å². The van der Waals surface area contributed by atoms with Crippen molar-refractivity contribution in [2.45, 2.75) is 16.6 Å². The predicted octanol–water partition coefficient (Wildman–Crippen LogP) is 3.63. The number of amides is 1. The number of carbonyl (C=O) groups excluding carboxylic acids is 1. The van der Waals surface area contributed by atoms with Crippen molar-refractivity contribution in [2.75, 3.05) is 23.7 Å². The molecule has 4 N–H and O–H groups in total. The number of nitrogens with one attached hydrogen (secondary N) is 3. The molecule has 3 aromatic rings. The fourth-order valence-corrected chi connectivity index (χ4v) is 4.97. The van der Waals surface area contributed by atoms with Gasteiger partial charge in [-0.25, -0.2) is 0 Å². The Balaban J connectivity index is 1.44. The van der Waals surface area contributed by atoms with E-state index in [4.69, 9.17) is 0 Å². The van der Waals surface area contributed by atoms with Crippen molar-refractivity contribution in [3.63, 3.8) is 0 Å². The molecule has 2 atom stereocenters. The van der Waals surface area contributed by atoms with Gasteiger partial charge in [0.2, 0.25) is 0 Å². The number of aliphatic carboxylic acids is 1. The first-order valence-corrected chi connectivity index (χ1v) is 11.9. The van der Waals surface area contributed by atoms with Crippen molar-refractivity contribution in [3.8, 4) is 0 Å². The summed E-state index contributed by atoms with van der Waals surface area (Å²) in [6, 6.07) is 22.7. The number of hydrogen-bond donors (Lipinski definition) is 4. The number of carboxylic acids is 1. The van der Waals surface area contributed by atoms with E-state index in [0.29, 0.717) is 34.2 Å². The molecule has 0 fully saturated rings. The summed E-state index contributed by atoms with van der Waals surface area (Å²) in [5.41, 5.74) is 2.46. The number of hydrogen-bond acceptors (Lipinski definition) is 6. The molecule has 0 aromatic heterocycles. The van der Waals surface area contributed by atoms with Crippen LogP contribution in [-0.4, -0.2) is 40.2 Å². The first kappa shape index (κ1) is 23.2. The molecular formula is C25H24N4O4S. The van der Waals surface area contributed by atoms with Gasteiger partial charge in [-0.1, -0.05) is 36.4 Å². The minimum atomic E-state index is -1.57. The summed E-state index contributed by atoms with van der Waals surface area (Å²) in [4.78, 5) is 28.8. The van der Waals surface area contributed by atoms with Gasteiger partial charge in [-0.2, -0.15) is 0 Å². The molecule has 0 spiro atoms. The molecule has 4 rings (SSSR count). The number of carbonyl (C=O) groups is 2. The van der Waals surface area contributed by atoms with E-state index >= 15 is 0 Å². The van der Waals surface area contributed by atoms with Gasteiger partial charge in [-0.05, 0) is 48.0 Å². The highest BCUT2D eigenvalue weighted by Gasteiger charge is 2.23. The first-order valence-electron chi connectivity index (χ1n) is 10.7. The summed E-state index contributed by atoms with van der Waals surface area (Å²) < 4.78 is 13.2. The number of aliphatic imine (C=N–C) groups is 1. The monoisotopic (exact) mass is 476 g/mol. The summed E-state index contributed by atoms with van der Waals surface area (Å²) in [6.07, 6.45) is -0.249. The predicted molar refractivity (Wildman–Crippen MR) is 133 cm³/mol. The van der Waals surface area contributed by atoms with Crippen molar-refractivity contribution >= 4 is 40.0 Å². The van der Waals surface area contributed by atoms with Gasteiger partial charge in [0.05, 0.1) is 29.0 Å². The summed E-state index contributed by atoms with van der Waals surface area (Å²) in [7, 11) is -1.57. The third-order valence-electron chi connectivity index (χ3n) is 5.20. The van der Waals surface area contributed by atoms with E-state index in [1.807, 2.05) is 12.1 Å². The second kappa shape index (κ2) is 10.8. The van der Waals surface area contributed by atoms with Crippen LogP contribution in [0.5, 0.6) is 0 Å². The highest BCUT2D eigenvalue weighted by atomic mass is 32.2. The molecule has 0 saturated heterocycles. The molecule has 0 bridgehead atoms. The lowest BCUT2D eigenvalue weighted by Gasteiger charge is -2.15. The van der Waals surface area contributed by atoms with Crippen LogP contribution in [0.4, 0.5) is 11.4 Å². The van der Waals surface area contributed by atoms with Crippen LogP contribution in [0.1, 0.15) is 27.6 Å². The zero-order valence-corrected chi connectivity index (χ0v) is 19.0. The van der Waals surface area contributed by atoms with Crippen LogP contribution >= 0.6 is 0 Å². The van der Waals surface area contributed by atoms with E-state index in [1.54, 1.807) is 66.7 Å². The zero-order chi connectivity index (χ0) is 23.9. The normalized spacial score (nSPS) is 14.4. The largest absolute Gasteiger partial charge is 0.481 e. The molecule has 8 nitrogen and oxygen atoms in total. The molecule has 0 aliphatic carbocycles. The number of anilines is 2. The van der Waals surface area contributed by atoms with Crippen molar-refractivity contribution in [3.05, 3.63) is 90.0 Å². The highest BCUT2D eigenvalue weighted by Crippen LogP contribution is 2.29. The summed E-state index contributed by atoms with van der Waals surface area (Å²) in [5, 5.41) is 17.7. The van der Waals surface area contributed by atoms with Gasteiger partial charge >= 0.3 is 5.97 Å². The average molecular weight is 477 g/mol. The summed E-state index contributed by atoms with van der Waals surface area (Å²) >= 11 is 0. The standard InChI is InChI=1S/C25H24N4O4S/c30-23(31)16-22(17-5-2-1-3-6-17)34(33)21-11-9-19(10-12-21)28-24(32)18-7-4-8-20(15-18)29-25-26-13-14-27-25/h1-12,15,22H,13-14,16H2,(H,28,32)(H,30,31)(H2,26,27,29). The minimum absolute atomic E-state index is 0.249. The maximum atomic E-state index is 13.2. The van der Waals surface area contributed by atoms with E-state index in [0.717, 1.165) is 12.2 Å². The van der Waals surface area contributed by atoms with Crippen molar-refractivity contribution in [1.82, 2.24) is 5.32 Å². The SMILES string of the molecule is O=C(O)CC(c1ccccc1)S(=O)c1ccc(NC(=O)c2cccc(NC3=NCCN3)c2)cc1. The molecule has 1 aliphatic rings. The number of nitrogens with zero attached hydrogens (tertiary/aromatic N) is 1. The Labute approximate surface area is 199 Å². The Bertz CT molecular complexity index is 1230. The van der Waals surface area contributed by atoms with E-state index in [-0.39, 0.29) is 12.3 Å². The van der Waals surface area contributed by atoms with Crippen LogP contribution in [0.15, 0.2) is 88.8 Å². The summed E-state index contributed by atoms with van der Waals surface area (Å²) in [6.45, 7) is 1.50. The van der Waals surface area contributed by atoms with E-state index in [9.17, 15) is 18.9 Å². The van der Waals surface area contributed by atoms with Crippen LogP contribution in [0.3, 0.4) is 0 Å². The number of guanidine groups is 1. The molecular weight excluding hydrogens is 452 g/mol. The van der Waals surface area contributed by atoms with Gasteiger partial charge in [0, 0.05) is 28.4 Å². The molecule has 1 aliphatic heterocycles. The second-order valence-corrected chi connectivity index (χ2v) is 9.27. The van der Waals surface area contributed by atoms with Crippen LogP contribution < -0.4 is 16.0 Å². The molecule has 9 heteroatoms. The molecule has 2 unspecified atom stereocenters. The molecule has 174 valence electrons. The number of rotatable bonds is 8. The Morgan fingerprint density at radius 1 is 1.00 bits per heavy atom. The van der Waals surface area contributed by atoms with Gasteiger partial charge in [0.15, 0.2) is 5.96 Å². The second-order valence-electron chi connectivity index (χ2n) is 7.64. The lowest BCUT2D eigenvalue weighted by Crippen LogP contribution is -2.26. The third-order valence-corrected chi connectivity index (χ3v) is 6.89. The minimum Gasteiger partial charge on any atom is -0.481 e. The van der Waals surface area contributed by atoms with Crippen molar-refractivity contribution in [1.29, 1.82) is 0 Å². The lowest BCUT2D eigenvalue weighted by atomic mass is 10.1. The summed E-state index contributed by atoms with van der Waals surface area (Å²) in [5.74, 6) is -0.622. The molecule has 34 heavy (non-hydrogen) atoms. The Morgan fingerprint density at radius 2 is 1.76 bits per heavy atom. The van der Waals surface area contributed by atoms with Crippen LogP contribution in [0, 0.1) is 0 Å². The van der Waals surface area contributed by atoms with Gasteiger partial charge in [0.1, 0.15) is 0 Å². The fraction of sp³-hybridized carbons (Fsp3) is 0.160. The topological polar surface area (TPSA) is 120 Å². The fourth-order valence-electron chi connectivity index (χ4n) is 3.54. The quantitative estimate of drug-likeness (QED) is 0.394. The van der Waals surface area contributed by atoms with Gasteiger partial charge < -0.3 is 21.1 Å². The Morgan fingerprint density at radius 3 is 2.44 bits per heavy atom. The Kier molecular flexibility index (Phi) is 7.34. The van der Waals surface area contributed by atoms with Gasteiger partial charge in [-0.3, -0.25) is 18.8 Å². The molecule has 1 amide bonds. The van der Waals surface area contributed by atoms with E-state index < -0.39 is 22.0 Å². The van der Waals surface area contributed by atoms with Crippen LogP contribution in [0.25, 0.3) is 0 Å². The molecule has 1 heterocycles. The third kappa shape index (κ3) is 5.87. The zero-order valence-electron chi connectivity index (χ0n) is 18.2. The highest BCUT2D eigenvalue weighted by molar-refractivity contribution is 7.85. The number of benzene rings is 3. The average Bonchev–Trinajstić information content (AvgIpc) is 3.36. The van der Waals surface area contributed by atoms with Gasteiger partial charge in [-0.15, -0.1) is 0 Å². The smallest absolute Gasteiger partial charge is 0.304 e. The van der Waals surface area contributed by atoms with E-state index in [2.05, 4.69) is 20.9 Å². The molecule has 3 aromatic carbocycles. The first-order chi connectivity index (χ1) is 16.5. The molecule has 0 radical (unpaired) electrons. The maximum absolute atomic E-state index is 13.2. The van der Waals surface area contributed by atoms with Crippen molar-refractivity contribution in [2.24, 2.45) is 4.99 Å². The van der Waals surface area contributed by atoms with E-state index in [1.165, 1.54) is 0 Å². The van der Waals surface area contributed by atoms with Crippen LogP contribution in [-0.2, 0) is 15.6 Å². The van der Waals surface area contributed by atoms with Gasteiger partial charge in [0.25, 0.3) is 5.91 Å². The van der Waals surface area contributed by atoms with Crippen molar-refractivity contribution < 1.29 is 18.9 Å². The maximum Gasteiger partial charge on any atom is 0.304 e. The lowest BCUT2D eigenvalue weighted by molar-refractivity contribution is -0.137.